The number of aryl methyl sites for hydroxylation is 1. The van der Waals surface area contributed by atoms with Crippen molar-refractivity contribution in [1.82, 2.24) is 14.9 Å². The van der Waals surface area contributed by atoms with Gasteiger partial charge < -0.3 is 15.0 Å². The molecule has 0 bridgehead atoms. The minimum atomic E-state index is -0.242. The van der Waals surface area contributed by atoms with Crippen molar-refractivity contribution in [3.8, 4) is 0 Å². The summed E-state index contributed by atoms with van der Waals surface area (Å²) in [6.07, 6.45) is 5.27. The molecule has 108 valence electrons. The van der Waals surface area contributed by atoms with Crippen molar-refractivity contribution in [3.63, 3.8) is 0 Å². The summed E-state index contributed by atoms with van der Waals surface area (Å²) in [7, 11) is 0. The van der Waals surface area contributed by atoms with Crippen molar-refractivity contribution in [3.05, 3.63) is 18.2 Å². The molecule has 1 amide bonds. The molecule has 0 saturated heterocycles. The molecule has 2 N–H and O–H groups in total. The fourth-order valence-electron chi connectivity index (χ4n) is 1.93. The minimum absolute atomic E-state index is 0.00269. The quantitative estimate of drug-likeness (QED) is 0.738. The molecule has 0 aliphatic rings. The van der Waals surface area contributed by atoms with Crippen LogP contribution >= 0.6 is 0 Å². The minimum Gasteiger partial charge on any atom is -0.396 e. The number of nitrogens with one attached hydrogen (secondary N) is 1. The van der Waals surface area contributed by atoms with Crippen LogP contribution in [0.5, 0.6) is 0 Å². The first-order chi connectivity index (χ1) is 8.87. The van der Waals surface area contributed by atoms with Gasteiger partial charge >= 0.3 is 0 Å². The summed E-state index contributed by atoms with van der Waals surface area (Å²) in [5.74, 6) is 0.840. The van der Waals surface area contributed by atoms with Crippen molar-refractivity contribution >= 4 is 5.91 Å². The molecule has 1 atom stereocenters. The summed E-state index contributed by atoms with van der Waals surface area (Å²) < 4.78 is 1.85. The Morgan fingerprint density at radius 3 is 2.79 bits per heavy atom. The zero-order valence-electron chi connectivity index (χ0n) is 12.3. The number of aliphatic hydroxyl groups is 1. The third kappa shape index (κ3) is 4.67. The summed E-state index contributed by atoms with van der Waals surface area (Å²) >= 11 is 0. The molecule has 0 saturated carbocycles. The monoisotopic (exact) mass is 267 g/mol. The van der Waals surface area contributed by atoms with E-state index in [-0.39, 0.29) is 24.0 Å². The van der Waals surface area contributed by atoms with Crippen LogP contribution in [0.15, 0.2) is 12.4 Å². The molecule has 1 unspecified atom stereocenters. The number of hydrogen-bond acceptors (Lipinski definition) is 3. The van der Waals surface area contributed by atoms with Crippen LogP contribution in [0.4, 0.5) is 0 Å². The summed E-state index contributed by atoms with van der Waals surface area (Å²) in [6.45, 7) is 8.60. The number of hydrogen-bond donors (Lipinski definition) is 2. The second-order valence-electron chi connectivity index (χ2n) is 5.77. The lowest BCUT2D eigenvalue weighted by atomic mass is 9.89. The summed E-state index contributed by atoms with van der Waals surface area (Å²) in [4.78, 5) is 16.1. The van der Waals surface area contributed by atoms with Gasteiger partial charge in [-0.1, -0.05) is 13.8 Å². The van der Waals surface area contributed by atoms with Crippen molar-refractivity contribution in [2.75, 3.05) is 13.2 Å². The lowest BCUT2D eigenvalue weighted by molar-refractivity contribution is -0.123. The van der Waals surface area contributed by atoms with E-state index in [1.807, 2.05) is 38.5 Å². The maximum Gasteiger partial charge on any atom is 0.242 e. The van der Waals surface area contributed by atoms with Gasteiger partial charge in [-0.3, -0.25) is 4.79 Å². The van der Waals surface area contributed by atoms with Gasteiger partial charge in [-0.15, -0.1) is 0 Å². The van der Waals surface area contributed by atoms with E-state index in [1.54, 1.807) is 6.20 Å². The molecule has 5 heteroatoms. The maximum absolute atomic E-state index is 12.0. The summed E-state index contributed by atoms with van der Waals surface area (Å²) in [6, 6.07) is -0.242. The van der Waals surface area contributed by atoms with Crippen LogP contribution in [0.2, 0.25) is 0 Å². The van der Waals surface area contributed by atoms with Gasteiger partial charge in [0, 0.05) is 25.5 Å². The summed E-state index contributed by atoms with van der Waals surface area (Å²) in [5, 5.41) is 12.1. The highest BCUT2D eigenvalue weighted by molar-refractivity contribution is 5.79. The van der Waals surface area contributed by atoms with Crippen molar-refractivity contribution in [2.24, 2.45) is 5.41 Å². The Hall–Kier alpha value is -1.36. The predicted molar refractivity (Wildman–Crippen MR) is 74.8 cm³/mol. The Labute approximate surface area is 115 Å². The van der Waals surface area contributed by atoms with E-state index >= 15 is 0 Å². The van der Waals surface area contributed by atoms with E-state index in [4.69, 9.17) is 5.11 Å². The van der Waals surface area contributed by atoms with E-state index in [0.717, 1.165) is 18.7 Å². The molecule has 0 fully saturated rings. The van der Waals surface area contributed by atoms with Crippen molar-refractivity contribution < 1.29 is 9.90 Å². The molecule has 0 aliphatic heterocycles. The molecule has 1 rings (SSSR count). The van der Waals surface area contributed by atoms with E-state index in [0.29, 0.717) is 6.54 Å². The second kappa shape index (κ2) is 6.70. The number of aromatic nitrogens is 2. The molecule has 5 nitrogen and oxygen atoms in total. The van der Waals surface area contributed by atoms with Crippen molar-refractivity contribution in [2.45, 2.75) is 46.6 Å². The van der Waals surface area contributed by atoms with Gasteiger partial charge in [-0.25, -0.2) is 4.98 Å². The highest BCUT2D eigenvalue weighted by atomic mass is 16.3. The van der Waals surface area contributed by atoms with Gasteiger partial charge in [0.15, 0.2) is 0 Å². The molecule has 1 heterocycles. The van der Waals surface area contributed by atoms with Gasteiger partial charge in [0.1, 0.15) is 11.9 Å². The number of aliphatic hydroxyl groups excluding tert-OH is 1. The van der Waals surface area contributed by atoms with Crippen LogP contribution in [-0.4, -0.2) is 33.7 Å². The number of imidazole rings is 1. The lowest BCUT2D eigenvalue weighted by Crippen LogP contribution is -2.32. The molecular weight excluding hydrogens is 242 g/mol. The molecule has 0 radical (unpaired) electrons. The van der Waals surface area contributed by atoms with Crippen LogP contribution in [-0.2, 0) is 4.79 Å². The largest absolute Gasteiger partial charge is 0.396 e. The van der Waals surface area contributed by atoms with E-state index in [9.17, 15) is 4.79 Å². The highest BCUT2D eigenvalue weighted by Gasteiger charge is 2.18. The topological polar surface area (TPSA) is 67.2 Å². The van der Waals surface area contributed by atoms with Gasteiger partial charge in [0.2, 0.25) is 5.91 Å². The predicted octanol–water partition coefficient (Wildman–Crippen LogP) is 1.67. The Morgan fingerprint density at radius 1 is 1.58 bits per heavy atom. The Kier molecular flexibility index (Phi) is 5.54. The van der Waals surface area contributed by atoms with Crippen LogP contribution in [0.3, 0.4) is 0 Å². The SMILES string of the molecule is Cc1nccn1C(C)C(=O)NCCCC(C)(C)CO. The van der Waals surface area contributed by atoms with Crippen LogP contribution in [0, 0.1) is 12.3 Å². The molecule has 1 aromatic heterocycles. The second-order valence-corrected chi connectivity index (χ2v) is 5.77. The number of nitrogens with zero attached hydrogens (tertiary/aromatic N) is 2. The van der Waals surface area contributed by atoms with Crippen LogP contribution in [0.25, 0.3) is 0 Å². The van der Waals surface area contributed by atoms with Gasteiger partial charge in [-0.05, 0) is 32.1 Å². The smallest absolute Gasteiger partial charge is 0.242 e. The zero-order chi connectivity index (χ0) is 14.5. The fourth-order valence-corrected chi connectivity index (χ4v) is 1.93. The average Bonchev–Trinajstić information content (AvgIpc) is 2.79. The average molecular weight is 267 g/mol. The fraction of sp³-hybridized carbons (Fsp3) is 0.714. The van der Waals surface area contributed by atoms with E-state index in [1.165, 1.54) is 0 Å². The first-order valence-electron chi connectivity index (χ1n) is 6.75. The van der Waals surface area contributed by atoms with E-state index < -0.39 is 0 Å². The Balaban J connectivity index is 2.34. The third-order valence-corrected chi connectivity index (χ3v) is 3.42. The summed E-state index contributed by atoms with van der Waals surface area (Å²) in [5.41, 5.74) is -0.0721. The van der Waals surface area contributed by atoms with Gasteiger partial charge in [0.25, 0.3) is 0 Å². The zero-order valence-corrected chi connectivity index (χ0v) is 12.3. The van der Waals surface area contributed by atoms with Gasteiger partial charge in [0.05, 0.1) is 0 Å². The van der Waals surface area contributed by atoms with Crippen LogP contribution in [0.1, 0.15) is 45.5 Å². The third-order valence-electron chi connectivity index (χ3n) is 3.42. The lowest BCUT2D eigenvalue weighted by Gasteiger charge is -2.21. The first-order valence-corrected chi connectivity index (χ1v) is 6.75. The number of rotatable bonds is 7. The molecule has 1 aromatic rings. The molecule has 19 heavy (non-hydrogen) atoms. The first kappa shape index (κ1) is 15.7. The van der Waals surface area contributed by atoms with Crippen molar-refractivity contribution in [1.29, 1.82) is 0 Å². The number of amides is 1. The molecule has 0 aliphatic carbocycles. The normalized spacial score (nSPS) is 13.3. The number of carbonyl (C=O) groups excluding carboxylic acids is 1. The van der Waals surface area contributed by atoms with Crippen LogP contribution < -0.4 is 5.32 Å². The highest BCUT2D eigenvalue weighted by Crippen LogP contribution is 2.20. The molecule has 0 spiro atoms. The van der Waals surface area contributed by atoms with Gasteiger partial charge in [-0.2, -0.15) is 0 Å². The standard InChI is InChI=1S/C14H25N3O2/c1-11(17-9-8-15-12(17)2)13(19)16-7-5-6-14(3,4)10-18/h8-9,11,18H,5-7,10H2,1-4H3,(H,16,19). The Morgan fingerprint density at radius 2 is 2.26 bits per heavy atom. The number of carbonyl (C=O) groups is 1. The molecular formula is C14H25N3O2. The van der Waals surface area contributed by atoms with E-state index in [2.05, 4.69) is 10.3 Å². The maximum atomic E-state index is 12.0. The molecule has 0 aromatic carbocycles. The Bertz CT molecular complexity index is 413.